The molecule has 3 aromatic rings. The van der Waals surface area contributed by atoms with Gasteiger partial charge in [0, 0.05) is 48.0 Å². The molecule has 2 heterocycles. The minimum Gasteiger partial charge on any atom is -0.361 e. The predicted molar refractivity (Wildman–Crippen MR) is 98.2 cm³/mol. The van der Waals surface area contributed by atoms with Crippen molar-refractivity contribution >= 4 is 16.8 Å². The van der Waals surface area contributed by atoms with E-state index in [0.717, 1.165) is 24.9 Å². The zero-order valence-electron chi connectivity index (χ0n) is 14.4. The Balaban J connectivity index is 1.41. The minimum atomic E-state index is 0.136. The Morgan fingerprint density at radius 1 is 1.12 bits per heavy atom. The van der Waals surface area contributed by atoms with Crippen LogP contribution in [0.2, 0.25) is 0 Å². The topological polar surface area (TPSA) is 49.8 Å². The summed E-state index contributed by atoms with van der Waals surface area (Å²) in [6.07, 6.45) is 4.33. The van der Waals surface area contributed by atoms with Crippen molar-refractivity contribution < 1.29 is 4.79 Å². The number of hydrogen-bond acceptors (Lipinski definition) is 1. The number of nitrogens with one attached hydrogen (secondary N) is 2. The number of hydrogen-bond donors (Lipinski definition) is 2. The molecule has 0 saturated carbocycles. The Morgan fingerprint density at radius 2 is 1.88 bits per heavy atom. The second kappa shape index (κ2) is 7.39. The number of aromatic amines is 1. The van der Waals surface area contributed by atoms with Gasteiger partial charge in [-0.25, -0.2) is 0 Å². The van der Waals surface area contributed by atoms with E-state index in [2.05, 4.69) is 53.0 Å². The van der Waals surface area contributed by atoms with Gasteiger partial charge >= 0.3 is 0 Å². The van der Waals surface area contributed by atoms with Crippen LogP contribution in [-0.2, 0) is 17.8 Å². The first-order valence-corrected chi connectivity index (χ1v) is 8.59. The second-order valence-corrected chi connectivity index (χ2v) is 6.33. The average molecular weight is 323 g/mol. The van der Waals surface area contributed by atoms with Crippen molar-refractivity contribution in [3.63, 3.8) is 0 Å². The summed E-state index contributed by atoms with van der Waals surface area (Å²) in [5, 5.41) is 4.27. The number of rotatable bonds is 7. The molecule has 2 aromatic heterocycles. The molecule has 2 N–H and O–H groups in total. The summed E-state index contributed by atoms with van der Waals surface area (Å²) in [6.45, 7) is 5.80. The number of amides is 1. The molecular weight excluding hydrogens is 298 g/mol. The molecular formula is C20H25N3O. The van der Waals surface area contributed by atoms with Gasteiger partial charge < -0.3 is 14.9 Å². The maximum Gasteiger partial charge on any atom is 0.220 e. The third-order valence-electron chi connectivity index (χ3n) is 4.59. The standard InChI is InChI=1S/C20H25N3O/c1-15-9-10-16(2)23(15)13-5-8-20(24)21-12-11-17-14-22-19-7-4-3-6-18(17)19/h3-4,6-7,9-10,14,22H,5,8,11-13H2,1-2H3,(H,21,24). The summed E-state index contributed by atoms with van der Waals surface area (Å²) < 4.78 is 2.26. The minimum absolute atomic E-state index is 0.136. The van der Waals surface area contributed by atoms with Crippen LogP contribution in [0.4, 0.5) is 0 Å². The van der Waals surface area contributed by atoms with Crippen molar-refractivity contribution in [2.75, 3.05) is 6.54 Å². The summed E-state index contributed by atoms with van der Waals surface area (Å²) in [5.41, 5.74) is 4.92. The van der Waals surface area contributed by atoms with E-state index in [4.69, 9.17) is 0 Å². The maximum atomic E-state index is 12.0. The zero-order chi connectivity index (χ0) is 16.9. The molecule has 4 nitrogen and oxygen atoms in total. The number of para-hydroxylation sites is 1. The van der Waals surface area contributed by atoms with E-state index in [9.17, 15) is 4.79 Å². The van der Waals surface area contributed by atoms with Gasteiger partial charge in [0.2, 0.25) is 5.91 Å². The summed E-state index contributed by atoms with van der Waals surface area (Å²) in [5.74, 6) is 0.136. The number of carbonyl (C=O) groups excluding carboxylic acids is 1. The fraction of sp³-hybridized carbons (Fsp3) is 0.350. The smallest absolute Gasteiger partial charge is 0.220 e. The van der Waals surface area contributed by atoms with Gasteiger partial charge in [-0.3, -0.25) is 4.79 Å². The monoisotopic (exact) mass is 323 g/mol. The first kappa shape index (κ1) is 16.4. The van der Waals surface area contributed by atoms with Crippen LogP contribution in [0.5, 0.6) is 0 Å². The van der Waals surface area contributed by atoms with E-state index in [1.54, 1.807) is 0 Å². The molecule has 0 aliphatic rings. The lowest BCUT2D eigenvalue weighted by atomic mass is 10.1. The van der Waals surface area contributed by atoms with Crippen molar-refractivity contribution in [1.82, 2.24) is 14.9 Å². The lowest BCUT2D eigenvalue weighted by molar-refractivity contribution is -0.121. The number of nitrogens with zero attached hydrogens (tertiary/aromatic N) is 1. The van der Waals surface area contributed by atoms with Gasteiger partial charge in [0.15, 0.2) is 0 Å². The van der Waals surface area contributed by atoms with Crippen LogP contribution in [0.3, 0.4) is 0 Å². The molecule has 0 saturated heterocycles. The van der Waals surface area contributed by atoms with Crippen molar-refractivity contribution in [2.45, 2.75) is 39.7 Å². The normalized spacial score (nSPS) is 11.1. The highest BCUT2D eigenvalue weighted by atomic mass is 16.1. The van der Waals surface area contributed by atoms with E-state index in [1.165, 1.54) is 22.3 Å². The number of carbonyl (C=O) groups is 1. The van der Waals surface area contributed by atoms with Gasteiger partial charge in [0.05, 0.1) is 0 Å². The largest absolute Gasteiger partial charge is 0.361 e. The van der Waals surface area contributed by atoms with E-state index in [0.29, 0.717) is 13.0 Å². The van der Waals surface area contributed by atoms with Crippen LogP contribution in [0.15, 0.2) is 42.6 Å². The van der Waals surface area contributed by atoms with Crippen LogP contribution < -0.4 is 5.32 Å². The average Bonchev–Trinajstić information content (AvgIpc) is 3.13. The summed E-state index contributed by atoms with van der Waals surface area (Å²) >= 11 is 0. The number of benzene rings is 1. The maximum absolute atomic E-state index is 12.0. The first-order valence-electron chi connectivity index (χ1n) is 8.59. The third-order valence-corrected chi connectivity index (χ3v) is 4.59. The lowest BCUT2D eigenvalue weighted by Gasteiger charge is -2.09. The van der Waals surface area contributed by atoms with Crippen LogP contribution >= 0.6 is 0 Å². The van der Waals surface area contributed by atoms with Gasteiger partial charge in [0.25, 0.3) is 0 Å². The van der Waals surface area contributed by atoms with Crippen molar-refractivity contribution in [1.29, 1.82) is 0 Å². The quantitative estimate of drug-likeness (QED) is 0.684. The molecule has 126 valence electrons. The van der Waals surface area contributed by atoms with Gasteiger partial charge in [-0.05, 0) is 50.5 Å². The molecule has 0 unspecified atom stereocenters. The van der Waals surface area contributed by atoms with Gasteiger partial charge in [-0.1, -0.05) is 18.2 Å². The molecule has 0 fully saturated rings. The lowest BCUT2D eigenvalue weighted by Crippen LogP contribution is -2.25. The molecule has 0 aliphatic carbocycles. The SMILES string of the molecule is Cc1ccc(C)n1CCCC(=O)NCCc1c[nH]c2ccccc12. The van der Waals surface area contributed by atoms with Crippen LogP contribution in [0.25, 0.3) is 10.9 Å². The Kier molecular flexibility index (Phi) is 5.04. The zero-order valence-corrected chi connectivity index (χ0v) is 14.4. The van der Waals surface area contributed by atoms with Crippen molar-refractivity contribution in [3.8, 4) is 0 Å². The van der Waals surface area contributed by atoms with Crippen LogP contribution in [0, 0.1) is 13.8 Å². The van der Waals surface area contributed by atoms with Crippen LogP contribution in [-0.4, -0.2) is 22.0 Å². The third kappa shape index (κ3) is 3.70. The van der Waals surface area contributed by atoms with Gasteiger partial charge in [-0.2, -0.15) is 0 Å². The van der Waals surface area contributed by atoms with E-state index in [-0.39, 0.29) is 5.91 Å². The van der Waals surface area contributed by atoms with E-state index < -0.39 is 0 Å². The van der Waals surface area contributed by atoms with Gasteiger partial charge in [-0.15, -0.1) is 0 Å². The highest BCUT2D eigenvalue weighted by Gasteiger charge is 2.06. The Morgan fingerprint density at radius 3 is 2.67 bits per heavy atom. The van der Waals surface area contributed by atoms with E-state index >= 15 is 0 Å². The molecule has 0 radical (unpaired) electrons. The molecule has 0 spiro atoms. The Labute approximate surface area is 142 Å². The van der Waals surface area contributed by atoms with Crippen LogP contribution in [0.1, 0.15) is 29.8 Å². The molecule has 4 heteroatoms. The van der Waals surface area contributed by atoms with E-state index in [1.807, 2.05) is 18.3 Å². The van der Waals surface area contributed by atoms with Gasteiger partial charge in [0.1, 0.15) is 0 Å². The molecule has 0 aliphatic heterocycles. The molecule has 24 heavy (non-hydrogen) atoms. The highest BCUT2D eigenvalue weighted by molar-refractivity contribution is 5.83. The summed E-state index contributed by atoms with van der Waals surface area (Å²) in [6, 6.07) is 12.5. The first-order chi connectivity index (χ1) is 11.6. The number of H-pyrrole nitrogens is 1. The summed E-state index contributed by atoms with van der Waals surface area (Å²) in [7, 11) is 0. The predicted octanol–water partition coefficient (Wildman–Crippen LogP) is 3.73. The molecule has 3 rings (SSSR count). The summed E-state index contributed by atoms with van der Waals surface area (Å²) in [4.78, 5) is 15.3. The molecule has 1 aromatic carbocycles. The number of aromatic nitrogens is 2. The Hall–Kier alpha value is -2.49. The fourth-order valence-electron chi connectivity index (χ4n) is 3.21. The second-order valence-electron chi connectivity index (χ2n) is 6.33. The van der Waals surface area contributed by atoms with Crippen molar-refractivity contribution in [3.05, 3.63) is 59.5 Å². The highest BCUT2D eigenvalue weighted by Crippen LogP contribution is 2.17. The van der Waals surface area contributed by atoms with Crippen molar-refractivity contribution in [2.24, 2.45) is 0 Å². The fourth-order valence-corrected chi connectivity index (χ4v) is 3.21. The Bertz CT molecular complexity index is 809. The number of fused-ring (bicyclic) bond motifs is 1. The molecule has 0 bridgehead atoms. The molecule has 0 atom stereocenters. The molecule has 1 amide bonds. The number of aryl methyl sites for hydroxylation is 2.